The van der Waals surface area contributed by atoms with E-state index in [4.69, 9.17) is 0 Å². The quantitative estimate of drug-likeness (QED) is 0.876. The first-order valence-electron chi connectivity index (χ1n) is 7.80. The summed E-state index contributed by atoms with van der Waals surface area (Å²) in [5.41, 5.74) is 0.950. The summed E-state index contributed by atoms with van der Waals surface area (Å²) in [6.07, 6.45) is 3.21. The van der Waals surface area contributed by atoms with E-state index in [1.54, 1.807) is 12.1 Å². The number of carbonyl (C=O) groups excluding carboxylic acids is 1. The SMILES string of the molecule is CC(CC(=O)NC1CCNC(C)C1)Cc1cccc(F)c1. The van der Waals surface area contributed by atoms with Crippen LogP contribution < -0.4 is 10.6 Å². The third-order valence-electron chi connectivity index (χ3n) is 4.00. The molecule has 0 spiro atoms. The number of halogens is 1. The van der Waals surface area contributed by atoms with E-state index in [-0.39, 0.29) is 23.7 Å². The largest absolute Gasteiger partial charge is 0.353 e. The zero-order valence-electron chi connectivity index (χ0n) is 12.9. The maximum absolute atomic E-state index is 13.1. The van der Waals surface area contributed by atoms with E-state index >= 15 is 0 Å². The molecule has 21 heavy (non-hydrogen) atoms. The lowest BCUT2D eigenvalue weighted by molar-refractivity contribution is -0.122. The highest BCUT2D eigenvalue weighted by molar-refractivity contribution is 5.76. The second-order valence-electron chi connectivity index (χ2n) is 6.29. The second kappa shape index (κ2) is 7.55. The van der Waals surface area contributed by atoms with Crippen LogP contribution in [-0.2, 0) is 11.2 Å². The second-order valence-corrected chi connectivity index (χ2v) is 6.29. The van der Waals surface area contributed by atoms with Crippen molar-refractivity contribution in [2.45, 2.75) is 51.6 Å². The van der Waals surface area contributed by atoms with Gasteiger partial charge in [-0.2, -0.15) is 0 Å². The molecule has 1 aromatic rings. The van der Waals surface area contributed by atoms with E-state index in [0.717, 1.165) is 31.4 Å². The first kappa shape index (κ1) is 16.0. The number of benzene rings is 1. The average molecular weight is 292 g/mol. The molecule has 0 radical (unpaired) electrons. The Labute approximate surface area is 126 Å². The van der Waals surface area contributed by atoms with Crippen LogP contribution in [0.5, 0.6) is 0 Å². The van der Waals surface area contributed by atoms with Gasteiger partial charge in [-0.3, -0.25) is 4.79 Å². The third kappa shape index (κ3) is 5.46. The van der Waals surface area contributed by atoms with Crippen LogP contribution in [0.15, 0.2) is 24.3 Å². The number of amides is 1. The molecule has 0 aromatic heterocycles. The fourth-order valence-corrected chi connectivity index (χ4v) is 3.00. The van der Waals surface area contributed by atoms with Crippen molar-refractivity contribution in [3.05, 3.63) is 35.6 Å². The van der Waals surface area contributed by atoms with Crippen LogP contribution in [0.4, 0.5) is 4.39 Å². The Balaban J connectivity index is 1.76. The number of nitrogens with one attached hydrogen (secondary N) is 2. The van der Waals surface area contributed by atoms with Gasteiger partial charge >= 0.3 is 0 Å². The van der Waals surface area contributed by atoms with E-state index in [1.165, 1.54) is 6.07 Å². The molecule has 1 heterocycles. The summed E-state index contributed by atoms with van der Waals surface area (Å²) >= 11 is 0. The van der Waals surface area contributed by atoms with Crippen molar-refractivity contribution in [3.8, 4) is 0 Å². The minimum absolute atomic E-state index is 0.109. The first-order chi connectivity index (χ1) is 10.0. The molecule has 2 N–H and O–H groups in total. The molecule has 116 valence electrons. The highest BCUT2D eigenvalue weighted by Gasteiger charge is 2.20. The van der Waals surface area contributed by atoms with Crippen LogP contribution in [0, 0.1) is 11.7 Å². The van der Waals surface area contributed by atoms with Crippen LogP contribution in [-0.4, -0.2) is 24.5 Å². The van der Waals surface area contributed by atoms with Crippen molar-refractivity contribution in [1.82, 2.24) is 10.6 Å². The molecule has 3 unspecified atom stereocenters. The average Bonchev–Trinajstić information content (AvgIpc) is 2.38. The van der Waals surface area contributed by atoms with Gasteiger partial charge in [0, 0.05) is 18.5 Å². The molecule has 1 aromatic carbocycles. The molecule has 2 rings (SSSR count). The Kier molecular flexibility index (Phi) is 5.74. The molecule has 1 fully saturated rings. The molecule has 3 atom stereocenters. The Morgan fingerprint density at radius 2 is 2.33 bits per heavy atom. The van der Waals surface area contributed by atoms with Crippen molar-refractivity contribution in [2.75, 3.05) is 6.54 Å². The zero-order chi connectivity index (χ0) is 15.2. The zero-order valence-corrected chi connectivity index (χ0v) is 12.9. The smallest absolute Gasteiger partial charge is 0.220 e. The van der Waals surface area contributed by atoms with Crippen LogP contribution in [0.2, 0.25) is 0 Å². The Morgan fingerprint density at radius 3 is 3.05 bits per heavy atom. The molecular weight excluding hydrogens is 267 g/mol. The van der Waals surface area contributed by atoms with Gasteiger partial charge in [-0.1, -0.05) is 19.1 Å². The van der Waals surface area contributed by atoms with E-state index in [0.29, 0.717) is 12.5 Å². The summed E-state index contributed by atoms with van der Waals surface area (Å²) in [4.78, 5) is 12.1. The predicted molar refractivity (Wildman–Crippen MR) is 82.5 cm³/mol. The van der Waals surface area contributed by atoms with Gasteiger partial charge in [0.15, 0.2) is 0 Å². The standard InChI is InChI=1S/C17H25FN2O/c1-12(8-14-4-3-5-15(18)11-14)9-17(21)20-16-6-7-19-13(2)10-16/h3-5,11-13,16,19H,6-10H2,1-2H3,(H,20,21). The van der Waals surface area contributed by atoms with Crippen LogP contribution in [0.1, 0.15) is 38.7 Å². The fraction of sp³-hybridized carbons (Fsp3) is 0.588. The Hall–Kier alpha value is -1.42. The van der Waals surface area contributed by atoms with Gasteiger partial charge < -0.3 is 10.6 Å². The number of hydrogen-bond acceptors (Lipinski definition) is 2. The van der Waals surface area contributed by atoms with Gasteiger partial charge in [-0.15, -0.1) is 0 Å². The van der Waals surface area contributed by atoms with Gasteiger partial charge in [0.2, 0.25) is 5.91 Å². The maximum Gasteiger partial charge on any atom is 0.220 e. The van der Waals surface area contributed by atoms with Crippen LogP contribution in [0.25, 0.3) is 0 Å². The van der Waals surface area contributed by atoms with Crippen LogP contribution >= 0.6 is 0 Å². The Bertz CT molecular complexity index is 478. The molecular formula is C17H25FN2O. The lowest BCUT2D eigenvalue weighted by Crippen LogP contribution is -2.46. The summed E-state index contributed by atoms with van der Waals surface area (Å²) in [5, 5.41) is 6.50. The van der Waals surface area contributed by atoms with Gasteiger partial charge in [-0.05, 0) is 56.3 Å². The predicted octanol–water partition coefficient (Wildman–Crippen LogP) is 2.65. The van der Waals surface area contributed by atoms with Crippen molar-refractivity contribution >= 4 is 5.91 Å². The Morgan fingerprint density at radius 1 is 1.52 bits per heavy atom. The number of carbonyl (C=O) groups is 1. The van der Waals surface area contributed by atoms with Crippen molar-refractivity contribution < 1.29 is 9.18 Å². The van der Waals surface area contributed by atoms with E-state index in [9.17, 15) is 9.18 Å². The summed E-state index contributed by atoms with van der Waals surface area (Å²) in [6, 6.07) is 7.37. The molecule has 0 saturated carbocycles. The highest BCUT2D eigenvalue weighted by atomic mass is 19.1. The fourth-order valence-electron chi connectivity index (χ4n) is 3.00. The minimum Gasteiger partial charge on any atom is -0.353 e. The normalized spacial score (nSPS) is 23.6. The van der Waals surface area contributed by atoms with Gasteiger partial charge in [-0.25, -0.2) is 4.39 Å². The first-order valence-corrected chi connectivity index (χ1v) is 7.80. The van der Waals surface area contributed by atoms with E-state index in [1.807, 2.05) is 13.0 Å². The summed E-state index contributed by atoms with van der Waals surface area (Å²) in [7, 11) is 0. The topological polar surface area (TPSA) is 41.1 Å². The molecule has 1 aliphatic heterocycles. The molecule has 4 heteroatoms. The molecule has 1 saturated heterocycles. The number of piperidine rings is 1. The molecule has 1 amide bonds. The van der Waals surface area contributed by atoms with Gasteiger partial charge in [0.1, 0.15) is 5.82 Å². The lowest BCUT2D eigenvalue weighted by atomic mass is 9.96. The number of hydrogen-bond donors (Lipinski definition) is 2. The monoisotopic (exact) mass is 292 g/mol. The van der Waals surface area contributed by atoms with Crippen molar-refractivity contribution in [1.29, 1.82) is 0 Å². The number of rotatable bonds is 5. The molecule has 0 aliphatic carbocycles. The molecule has 3 nitrogen and oxygen atoms in total. The summed E-state index contributed by atoms with van der Waals surface area (Å²) in [5.74, 6) is 0.108. The third-order valence-corrected chi connectivity index (χ3v) is 4.00. The van der Waals surface area contributed by atoms with Gasteiger partial charge in [0.05, 0.1) is 0 Å². The summed E-state index contributed by atoms with van der Waals surface area (Å²) < 4.78 is 13.1. The minimum atomic E-state index is -0.215. The lowest BCUT2D eigenvalue weighted by Gasteiger charge is -2.29. The highest BCUT2D eigenvalue weighted by Crippen LogP contribution is 2.14. The maximum atomic E-state index is 13.1. The summed E-state index contributed by atoms with van der Waals surface area (Å²) in [6.45, 7) is 5.14. The molecule has 1 aliphatic rings. The molecule has 0 bridgehead atoms. The van der Waals surface area contributed by atoms with Gasteiger partial charge in [0.25, 0.3) is 0 Å². The van der Waals surface area contributed by atoms with Crippen molar-refractivity contribution in [3.63, 3.8) is 0 Å². The van der Waals surface area contributed by atoms with E-state index in [2.05, 4.69) is 17.6 Å². The van der Waals surface area contributed by atoms with Crippen molar-refractivity contribution in [2.24, 2.45) is 5.92 Å². The van der Waals surface area contributed by atoms with E-state index < -0.39 is 0 Å². The van der Waals surface area contributed by atoms with Crippen LogP contribution in [0.3, 0.4) is 0 Å².